The van der Waals surface area contributed by atoms with Gasteiger partial charge in [-0.1, -0.05) is 27.7 Å². The third kappa shape index (κ3) is 3.63. The van der Waals surface area contributed by atoms with Gasteiger partial charge < -0.3 is 9.19 Å². The van der Waals surface area contributed by atoms with E-state index in [0.29, 0.717) is 10.8 Å². The van der Waals surface area contributed by atoms with Crippen LogP contribution in [0.15, 0.2) is 0 Å². The lowest BCUT2D eigenvalue weighted by molar-refractivity contribution is -0.909. The summed E-state index contributed by atoms with van der Waals surface area (Å²) in [6.07, 6.45) is 1.36. The summed E-state index contributed by atoms with van der Waals surface area (Å²) in [6, 6.07) is 0. The highest BCUT2D eigenvalue weighted by atomic mass is 19.0. The molecule has 2 heteroatoms. The Morgan fingerprint density at radius 3 is 1.38 bits per heavy atom. The molecule has 1 fully saturated rings. The summed E-state index contributed by atoms with van der Waals surface area (Å²) in [5.74, 6) is 0. The average Bonchev–Trinajstić information content (AvgIpc) is 1.44. The van der Waals surface area contributed by atoms with Gasteiger partial charge in [0, 0.05) is 10.8 Å². The van der Waals surface area contributed by atoms with Gasteiger partial charge in [0.1, 0.15) is 0 Å². The van der Waals surface area contributed by atoms with Gasteiger partial charge in [-0.15, -0.1) is 0 Å². The minimum Gasteiger partial charge on any atom is -1.00 e. The van der Waals surface area contributed by atoms with Crippen LogP contribution in [0.2, 0.25) is 0 Å². The molecule has 0 bridgehead atoms. The van der Waals surface area contributed by atoms with Crippen molar-refractivity contribution in [1.29, 1.82) is 0 Å². The van der Waals surface area contributed by atoms with E-state index in [-0.39, 0.29) is 4.70 Å². The Balaban J connectivity index is 0.00000144. The Labute approximate surface area is 82.1 Å². The van der Waals surface area contributed by atoms with E-state index < -0.39 is 0 Å². The fourth-order valence-electron chi connectivity index (χ4n) is 3.78. The quantitative estimate of drug-likeness (QED) is 0.452. The predicted octanol–water partition coefficient (Wildman–Crippen LogP) is -0.477. The van der Waals surface area contributed by atoms with Crippen molar-refractivity contribution in [2.75, 3.05) is 27.2 Å². The van der Waals surface area contributed by atoms with E-state index in [0.717, 1.165) is 0 Å². The molecule has 0 saturated carbocycles. The van der Waals surface area contributed by atoms with E-state index >= 15 is 0 Å². The Morgan fingerprint density at radius 1 is 0.846 bits per heavy atom. The number of halogens is 1. The second-order valence-electron chi connectivity index (χ2n) is 6.76. The molecule has 1 nitrogen and oxygen atoms in total. The van der Waals surface area contributed by atoms with Gasteiger partial charge in [-0.2, -0.15) is 0 Å². The van der Waals surface area contributed by atoms with Crippen molar-refractivity contribution in [2.24, 2.45) is 10.8 Å². The molecule has 0 atom stereocenters. The average molecular weight is 189 g/mol. The lowest BCUT2D eigenvalue weighted by Gasteiger charge is -2.49. The second-order valence-corrected chi connectivity index (χ2v) is 6.76. The number of nitrogens with zero attached hydrogens (tertiary/aromatic N) is 1. The number of piperidine rings is 1. The van der Waals surface area contributed by atoms with Gasteiger partial charge in [0.15, 0.2) is 0 Å². The first-order valence-corrected chi connectivity index (χ1v) is 4.94. The molecule has 0 radical (unpaired) electrons. The summed E-state index contributed by atoms with van der Waals surface area (Å²) in [6.45, 7) is 12.2. The highest BCUT2D eigenvalue weighted by molar-refractivity contribution is 4.83. The van der Waals surface area contributed by atoms with Gasteiger partial charge in [-0.05, 0) is 6.42 Å². The first-order valence-electron chi connectivity index (χ1n) is 4.94. The van der Waals surface area contributed by atoms with Crippen molar-refractivity contribution in [2.45, 2.75) is 34.1 Å². The van der Waals surface area contributed by atoms with Gasteiger partial charge in [-0.3, -0.25) is 0 Å². The van der Waals surface area contributed by atoms with E-state index in [2.05, 4.69) is 41.8 Å². The minimum absolute atomic E-state index is 0. The van der Waals surface area contributed by atoms with Gasteiger partial charge in [-0.25, -0.2) is 0 Å². The molecular weight excluding hydrogens is 165 g/mol. The van der Waals surface area contributed by atoms with E-state index in [4.69, 9.17) is 0 Å². The van der Waals surface area contributed by atoms with Gasteiger partial charge >= 0.3 is 0 Å². The number of likely N-dealkylation sites (tertiary alicyclic amines) is 1. The SMILES string of the molecule is CC1(C)CC(C)(C)C[N+](C)(C)C1.[F-]. The molecule has 1 rings (SSSR count). The van der Waals surface area contributed by atoms with Crippen molar-refractivity contribution < 1.29 is 9.19 Å². The Hall–Kier alpha value is -0.110. The molecular formula is C11H24FN. The van der Waals surface area contributed by atoms with Crippen LogP contribution in [0, 0.1) is 10.8 Å². The molecule has 1 saturated heterocycles. The minimum atomic E-state index is 0. The van der Waals surface area contributed by atoms with Crippen LogP contribution in [0.3, 0.4) is 0 Å². The zero-order valence-electron chi connectivity index (χ0n) is 9.95. The largest absolute Gasteiger partial charge is 1.00 e. The van der Waals surface area contributed by atoms with Crippen molar-refractivity contribution >= 4 is 0 Å². The predicted molar refractivity (Wildman–Crippen MR) is 54.0 cm³/mol. The summed E-state index contributed by atoms with van der Waals surface area (Å²) in [5.41, 5.74) is 1.04. The van der Waals surface area contributed by atoms with Crippen LogP contribution in [-0.4, -0.2) is 31.7 Å². The molecule has 13 heavy (non-hydrogen) atoms. The second kappa shape index (κ2) is 3.23. The standard InChI is InChI=1S/C11H24N.FH/c1-10(2)7-11(3,4)9-12(5,6)8-10;/h7-9H2,1-6H3;1H/q+1;/p-1. The summed E-state index contributed by atoms with van der Waals surface area (Å²) in [5, 5.41) is 0. The van der Waals surface area contributed by atoms with Crippen LogP contribution in [-0.2, 0) is 0 Å². The molecule has 0 aromatic carbocycles. The molecule has 0 aromatic rings. The van der Waals surface area contributed by atoms with Crippen LogP contribution in [0.5, 0.6) is 0 Å². The van der Waals surface area contributed by atoms with E-state index in [9.17, 15) is 0 Å². The number of rotatable bonds is 0. The molecule has 80 valence electrons. The Bertz CT molecular complexity index is 137. The summed E-state index contributed by atoms with van der Waals surface area (Å²) in [7, 11) is 4.70. The molecule has 0 spiro atoms. The van der Waals surface area contributed by atoms with E-state index in [1.165, 1.54) is 24.0 Å². The normalized spacial score (nSPS) is 29.1. The summed E-state index contributed by atoms with van der Waals surface area (Å²) < 4.78 is 1.18. The maximum absolute atomic E-state index is 2.40. The molecule has 1 aliphatic heterocycles. The van der Waals surface area contributed by atoms with Crippen LogP contribution < -0.4 is 4.70 Å². The smallest absolute Gasteiger partial charge is 0.0834 e. The van der Waals surface area contributed by atoms with Gasteiger partial charge in [0.2, 0.25) is 0 Å². The maximum atomic E-state index is 2.40. The van der Waals surface area contributed by atoms with Gasteiger partial charge in [0.05, 0.1) is 27.2 Å². The monoisotopic (exact) mass is 189 g/mol. The topological polar surface area (TPSA) is 0 Å². The van der Waals surface area contributed by atoms with Crippen LogP contribution in [0.25, 0.3) is 0 Å². The third-order valence-electron chi connectivity index (χ3n) is 2.67. The molecule has 1 heterocycles. The van der Waals surface area contributed by atoms with Crippen molar-refractivity contribution in [1.82, 2.24) is 0 Å². The van der Waals surface area contributed by atoms with Crippen molar-refractivity contribution in [3.05, 3.63) is 0 Å². The van der Waals surface area contributed by atoms with Crippen LogP contribution in [0.1, 0.15) is 34.1 Å². The van der Waals surface area contributed by atoms with Crippen molar-refractivity contribution in [3.63, 3.8) is 0 Å². The summed E-state index contributed by atoms with van der Waals surface area (Å²) in [4.78, 5) is 0. The zero-order valence-corrected chi connectivity index (χ0v) is 9.95. The Kier molecular flexibility index (Phi) is 3.20. The highest BCUT2D eigenvalue weighted by Gasteiger charge is 2.43. The molecule has 0 N–H and O–H groups in total. The summed E-state index contributed by atoms with van der Waals surface area (Å²) >= 11 is 0. The fraction of sp³-hybridized carbons (Fsp3) is 1.00. The lowest BCUT2D eigenvalue weighted by atomic mass is 9.70. The fourth-order valence-corrected chi connectivity index (χ4v) is 3.78. The Morgan fingerprint density at radius 2 is 1.15 bits per heavy atom. The lowest BCUT2D eigenvalue weighted by Crippen LogP contribution is -3.00. The molecule has 0 aromatic heterocycles. The third-order valence-corrected chi connectivity index (χ3v) is 2.67. The van der Waals surface area contributed by atoms with E-state index in [1.807, 2.05) is 0 Å². The van der Waals surface area contributed by atoms with Gasteiger partial charge in [0.25, 0.3) is 0 Å². The maximum Gasteiger partial charge on any atom is 0.0834 e. The molecule has 0 amide bonds. The molecule has 0 aliphatic carbocycles. The van der Waals surface area contributed by atoms with Crippen LogP contribution >= 0.6 is 0 Å². The van der Waals surface area contributed by atoms with Crippen LogP contribution in [0.4, 0.5) is 0 Å². The molecule has 0 unspecified atom stereocenters. The first-order chi connectivity index (χ1) is 5.12. The van der Waals surface area contributed by atoms with E-state index in [1.54, 1.807) is 0 Å². The number of hydrogen-bond acceptors (Lipinski definition) is 0. The first kappa shape index (κ1) is 12.9. The zero-order chi connectivity index (χ0) is 9.62. The van der Waals surface area contributed by atoms with Crippen molar-refractivity contribution in [3.8, 4) is 0 Å². The highest BCUT2D eigenvalue weighted by Crippen LogP contribution is 2.41. The number of hydrogen-bond donors (Lipinski definition) is 0. The molecule has 1 aliphatic rings. The number of quaternary nitrogens is 1.